The van der Waals surface area contributed by atoms with Gasteiger partial charge in [-0.25, -0.2) is 4.79 Å². The Bertz CT molecular complexity index is 1190. The van der Waals surface area contributed by atoms with Gasteiger partial charge in [0.15, 0.2) is 0 Å². The van der Waals surface area contributed by atoms with E-state index >= 15 is 0 Å². The molecule has 1 aromatic heterocycles. The van der Waals surface area contributed by atoms with Crippen LogP contribution in [0.25, 0.3) is 11.0 Å². The van der Waals surface area contributed by atoms with E-state index < -0.39 is 11.7 Å². The standard InChI is InChI=1S/C25H26N2O4/c1-15-7-8-18-17(11-23(30)31-20(18)9-15)10-22(29)27-12-19-24(16-5-3-2-4-6-16)25(19)14-26-13-21(25)28/h2-9,11,19,21,24,26,28H,10,12-14H2,1H3,(H,27,29)/t19-,21+,24-,25-/m0/s1. The maximum absolute atomic E-state index is 12.8. The highest BCUT2D eigenvalue weighted by Crippen LogP contribution is 2.67. The lowest BCUT2D eigenvalue weighted by atomic mass is 9.95. The second-order valence-electron chi connectivity index (χ2n) is 8.83. The molecule has 3 N–H and O–H groups in total. The van der Waals surface area contributed by atoms with E-state index in [1.54, 1.807) is 0 Å². The van der Waals surface area contributed by atoms with Crippen molar-refractivity contribution in [2.24, 2.45) is 11.3 Å². The third-order valence-electron chi connectivity index (χ3n) is 6.97. The minimum absolute atomic E-state index is 0.113. The van der Waals surface area contributed by atoms with Crippen LogP contribution < -0.4 is 16.3 Å². The van der Waals surface area contributed by atoms with Gasteiger partial charge in [0, 0.05) is 36.5 Å². The number of fused-ring (bicyclic) bond motifs is 1. The van der Waals surface area contributed by atoms with Crippen molar-refractivity contribution in [1.29, 1.82) is 0 Å². The third kappa shape index (κ3) is 3.46. The lowest BCUT2D eigenvalue weighted by molar-refractivity contribution is -0.120. The van der Waals surface area contributed by atoms with E-state index in [0.717, 1.165) is 17.5 Å². The Labute approximate surface area is 180 Å². The Hall–Kier alpha value is -2.96. The van der Waals surface area contributed by atoms with Crippen LogP contribution in [0.15, 0.2) is 63.8 Å². The number of nitrogens with one attached hydrogen (secondary N) is 2. The summed E-state index contributed by atoms with van der Waals surface area (Å²) in [6.07, 6.45) is -0.313. The van der Waals surface area contributed by atoms with Crippen LogP contribution in [0.1, 0.15) is 22.6 Å². The summed E-state index contributed by atoms with van der Waals surface area (Å²) < 4.78 is 5.29. The highest BCUT2D eigenvalue weighted by atomic mass is 16.4. The number of carbonyl (C=O) groups is 1. The minimum Gasteiger partial charge on any atom is -0.423 e. The zero-order valence-corrected chi connectivity index (χ0v) is 17.4. The smallest absolute Gasteiger partial charge is 0.336 e. The Morgan fingerprint density at radius 2 is 2.03 bits per heavy atom. The van der Waals surface area contributed by atoms with E-state index in [-0.39, 0.29) is 29.6 Å². The van der Waals surface area contributed by atoms with Gasteiger partial charge in [-0.05, 0) is 41.5 Å². The molecule has 1 saturated carbocycles. The van der Waals surface area contributed by atoms with Crippen LogP contribution in [0.2, 0.25) is 0 Å². The first-order chi connectivity index (χ1) is 15.0. The van der Waals surface area contributed by atoms with Crippen molar-refractivity contribution in [1.82, 2.24) is 10.6 Å². The molecule has 1 aliphatic carbocycles. The van der Waals surface area contributed by atoms with Gasteiger partial charge in [-0.2, -0.15) is 0 Å². The van der Waals surface area contributed by atoms with Crippen LogP contribution in [0, 0.1) is 18.3 Å². The Morgan fingerprint density at radius 3 is 2.77 bits per heavy atom. The van der Waals surface area contributed by atoms with E-state index in [1.807, 2.05) is 43.3 Å². The quantitative estimate of drug-likeness (QED) is 0.552. The maximum atomic E-state index is 12.8. The van der Waals surface area contributed by atoms with E-state index in [9.17, 15) is 14.7 Å². The van der Waals surface area contributed by atoms with Crippen molar-refractivity contribution < 1.29 is 14.3 Å². The summed E-state index contributed by atoms with van der Waals surface area (Å²) in [6.45, 7) is 3.76. The van der Waals surface area contributed by atoms with E-state index in [0.29, 0.717) is 24.2 Å². The molecule has 6 nitrogen and oxygen atoms in total. The molecule has 160 valence electrons. The molecule has 4 atom stereocenters. The van der Waals surface area contributed by atoms with Gasteiger partial charge in [-0.3, -0.25) is 4.79 Å². The summed E-state index contributed by atoms with van der Waals surface area (Å²) in [5.74, 6) is 0.248. The molecule has 6 heteroatoms. The van der Waals surface area contributed by atoms with Crippen molar-refractivity contribution in [3.63, 3.8) is 0 Å². The molecular formula is C25H26N2O4. The number of amides is 1. The number of benzene rings is 2. The number of carbonyl (C=O) groups excluding carboxylic acids is 1. The van der Waals surface area contributed by atoms with Crippen LogP contribution in [0.3, 0.4) is 0 Å². The molecule has 1 saturated heterocycles. The summed E-state index contributed by atoms with van der Waals surface area (Å²) in [5, 5.41) is 17.8. The number of aliphatic hydroxyl groups is 1. The number of aliphatic hydroxyl groups excluding tert-OH is 1. The van der Waals surface area contributed by atoms with Gasteiger partial charge in [0.2, 0.25) is 5.91 Å². The third-order valence-corrected chi connectivity index (χ3v) is 6.97. The highest BCUT2D eigenvalue weighted by Gasteiger charge is 2.69. The van der Waals surface area contributed by atoms with E-state index in [2.05, 4.69) is 22.8 Å². The van der Waals surface area contributed by atoms with Gasteiger partial charge in [0.1, 0.15) is 5.58 Å². The Kier molecular flexibility index (Phi) is 4.91. The Morgan fingerprint density at radius 1 is 1.23 bits per heavy atom. The molecular weight excluding hydrogens is 392 g/mol. The molecule has 1 amide bonds. The first kappa shape index (κ1) is 20.0. The van der Waals surface area contributed by atoms with E-state index in [4.69, 9.17) is 4.42 Å². The lowest BCUT2D eigenvalue weighted by Gasteiger charge is -2.15. The van der Waals surface area contributed by atoms with Crippen LogP contribution in [-0.4, -0.2) is 36.8 Å². The van der Waals surface area contributed by atoms with Gasteiger partial charge >= 0.3 is 5.63 Å². The summed E-state index contributed by atoms with van der Waals surface area (Å²) >= 11 is 0. The second-order valence-corrected chi connectivity index (χ2v) is 8.83. The zero-order valence-electron chi connectivity index (χ0n) is 17.4. The van der Waals surface area contributed by atoms with Gasteiger partial charge in [0.25, 0.3) is 0 Å². The number of hydrogen-bond acceptors (Lipinski definition) is 5. The van der Waals surface area contributed by atoms with Crippen molar-refractivity contribution in [3.8, 4) is 0 Å². The first-order valence-electron chi connectivity index (χ1n) is 10.7. The fourth-order valence-electron chi connectivity index (χ4n) is 5.42. The fraction of sp³-hybridized carbons (Fsp3) is 0.360. The molecule has 3 aromatic rings. The van der Waals surface area contributed by atoms with Crippen LogP contribution in [0.4, 0.5) is 0 Å². The molecule has 0 bridgehead atoms. The SMILES string of the molecule is Cc1ccc2c(CC(=O)NC[C@H]3[C@H](c4ccccc4)[C@@]34CNC[C@H]4O)cc(=O)oc2c1. The largest absolute Gasteiger partial charge is 0.423 e. The number of rotatable bonds is 5. The van der Waals surface area contributed by atoms with Gasteiger partial charge in [-0.1, -0.05) is 42.5 Å². The molecule has 2 aromatic carbocycles. The van der Waals surface area contributed by atoms with Gasteiger partial charge in [0.05, 0.1) is 12.5 Å². The summed E-state index contributed by atoms with van der Waals surface area (Å²) in [4.78, 5) is 24.7. The predicted molar refractivity (Wildman–Crippen MR) is 118 cm³/mol. The molecule has 2 heterocycles. The topological polar surface area (TPSA) is 91.6 Å². The zero-order chi connectivity index (χ0) is 21.6. The molecule has 0 radical (unpaired) electrons. The second kappa shape index (κ2) is 7.62. The van der Waals surface area contributed by atoms with Crippen LogP contribution in [0.5, 0.6) is 0 Å². The highest BCUT2D eigenvalue weighted by molar-refractivity contribution is 5.87. The summed E-state index contributed by atoms with van der Waals surface area (Å²) in [5.41, 5.74) is 2.68. The average molecular weight is 418 g/mol. The maximum Gasteiger partial charge on any atom is 0.336 e. The molecule has 2 fully saturated rings. The van der Waals surface area contributed by atoms with Crippen molar-refractivity contribution >= 4 is 16.9 Å². The lowest BCUT2D eigenvalue weighted by Crippen LogP contribution is -2.31. The predicted octanol–water partition coefficient (Wildman–Crippen LogP) is 2.12. The average Bonchev–Trinajstić information content (AvgIpc) is 3.24. The summed E-state index contributed by atoms with van der Waals surface area (Å²) in [7, 11) is 0. The van der Waals surface area contributed by atoms with Crippen molar-refractivity contribution in [2.45, 2.75) is 25.4 Å². The normalized spacial score (nSPS) is 27.0. The molecule has 5 rings (SSSR count). The minimum atomic E-state index is -0.452. The number of hydrogen-bond donors (Lipinski definition) is 3. The Balaban J connectivity index is 1.32. The number of β-amino-alcohol motifs (C(OH)–C–C–N with tert-alkyl or cyclic N) is 1. The molecule has 1 aliphatic heterocycles. The molecule has 1 spiro atoms. The molecule has 0 unspecified atom stereocenters. The molecule has 31 heavy (non-hydrogen) atoms. The van der Waals surface area contributed by atoms with Gasteiger partial charge in [-0.15, -0.1) is 0 Å². The van der Waals surface area contributed by atoms with E-state index in [1.165, 1.54) is 11.6 Å². The first-order valence-corrected chi connectivity index (χ1v) is 10.7. The monoisotopic (exact) mass is 418 g/mol. The van der Waals surface area contributed by atoms with Crippen LogP contribution in [-0.2, 0) is 11.2 Å². The van der Waals surface area contributed by atoms with Gasteiger partial charge < -0.3 is 20.2 Å². The van der Waals surface area contributed by atoms with Crippen LogP contribution >= 0.6 is 0 Å². The summed E-state index contributed by atoms with van der Waals surface area (Å²) in [6, 6.07) is 17.2. The molecule has 2 aliphatic rings. The fourth-order valence-corrected chi connectivity index (χ4v) is 5.42. The van der Waals surface area contributed by atoms with Crippen molar-refractivity contribution in [2.75, 3.05) is 19.6 Å². The van der Waals surface area contributed by atoms with Crippen molar-refractivity contribution in [3.05, 3.63) is 81.7 Å². The number of aryl methyl sites for hydroxylation is 1.